The molecule has 0 saturated carbocycles. The number of hydrogen-bond acceptors (Lipinski definition) is 3. The summed E-state index contributed by atoms with van der Waals surface area (Å²) in [5.41, 5.74) is 2.13. The number of aliphatic hydroxyl groups excluding tert-OH is 1. The first-order valence-electron chi connectivity index (χ1n) is 6.62. The van der Waals surface area contributed by atoms with Crippen molar-refractivity contribution in [2.24, 2.45) is 5.41 Å². The number of amides is 1. The first-order valence-corrected chi connectivity index (χ1v) is 6.62. The van der Waals surface area contributed by atoms with E-state index in [0.717, 1.165) is 11.4 Å². The minimum absolute atomic E-state index is 0.108. The monoisotopic (exact) mass is 264 g/mol. The summed E-state index contributed by atoms with van der Waals surface area (Å²) in [6.07, 6.45) is 0.285. The van der Waals surface area contributed by atoms with Crippen molar-refractivity contribution in [3.63, 3.8) is 0 Å². The van der Waals surface area contributed by atoms with E-state index < -0.39 is 0 Å². The third-order valence-corrected chi connectivity index (χ3v) is 3.05. The van der Waals surface area contributed by atoms with Crippen LogP contribution in [0.4, 0.5) is 0 Å². The van der Waals surface area contributed by atoms with Gasteiger partial charge in [0.15, 0.2) is 0 Å². The number of carbonyl (C=O) groups excluding carboxylic acids is 1. The van der Waals surface area contributed by atoms with Gasteiger partial charge in [0.25, 0.3) is 5.91 Å². The molecule has 1 aromatic heterocycles. The molecule has 1 heterocycles. The van der Waals surface area contributed by atoms with Crippen molar-refractivity contribution >= 4 is 5.91 Å². The van der Waals surface area contributed by atoms with Crippen molar-refractivity contribution in [1.82, 2.24) is 10.3 Å². The van der Waals surface area contributed by atoms with E-state index in [0.29, 0.717) is 18.5 Å². The Morgan fingerprint density at radius 2 is 2.05 bits per heavy atom. The van der Waals surface area contributed by atoms with Crippen LogP contribution in [0.2, 0.25) is 0 Å². The number of hydrogen-bond donors (Lipinski definition) is 2. The number of aliphatic hydroxyl groups is 1. The van der Waals surface area contributed by atoms with Crippen LogP contribution >= 0.6 is 0 Å². The van der Waals surface area contributed by atoms with Gasteiger partial charge in [-0.1, -0.05) is 13.8 Å². The second kappa shape index (κ2) is 6.15. The molecule has 0 saturated heterocycles. The smallest absolute Gasteiger partial charge is 0.253 e. The number of nitrogens with zero attached hydrogens (tertiary/aromatic N) is 1. The van der Waals surface area contributed by atoms with Crippen LogP contribution in [0, 0.1) is 19.3 Å². The number of pyridine rings is 1. The lowest BCUT2D eigenvalue weighted by Gasteiger charge is -2.26. The maximum Gasteiger partial charge on any atom is 0.253 e. The van der Waals surface area contributed by atoms with Crippen LogP contribution < -0.4 is 5.32 Å². The van der Waals surface area contributed by atoms with Gasteiger partial charge in [0.05, 0.1) is 17.4 Å². The lowest BCUT2D eigenvalue weighted by Crippen LogP contribution is -2.36. The zero-order chi connectivity index (χ0) is 14.6. The molecule has 1 rings (SSSR count). The molecule has 0 radical (unpaired) electrons. The second-order valence-electron chi connectivity index (χ2n) is 5.99. The van der Waals surface area contributed by atoms with E-state index in [1.165, 1.54) is 0 Å². The molecular weight excluding hydrogens is 240 g/mol. The topological polar surface area (TPSA) is 62.2 Å². The van der Waals surface area contributed by atoms with Crippen molar-refractivity contribution < 1.29 is 9.90 Å². The van der Waals surface area contributed by atoms with Crippen LogP contribution in [0.25, 0.3) is 0 Å². The lowest BCUT2D eigenvalue weighted by molar-refractivity contribution is 0.0901. The van der Waals surface area contributed by atoms with Crippen molar-refractivity contribution in [2.45, 2.75) is 47.1 Å². The molecule has 0 aliphatic heterocycles. The maximum absolute atomic E-state index is 12.1. The average Bonchev–Trinajstić information content (AvgIpc) is 2.24. The Morgan fingerprint density at radius 1 is 1.42 bits per heavy atom. The van der Waals surface area contributed by atoms with Crippen molar-refractivity contribution in [3.8, 4) is 0 Å². The highest BCUT2D eigenvalue weighted by Gasteiger charge is 2.21. The van der Waals surface area contributed by atoms with Crippen molar-refractivity contribution in [2.75, 3.05) is 6.54 Å². The van der Waals surface area contributed by atoms with Gasteiger partial charge in [-0.15, -0.1) is 0 Å². The van der Waals surface area contributed by atoms with Gasteiger partial charge in [-0.05, 0) is 44.7 Å². The Balaban J connectivity index is 2.65. The standard InChI is InChI=1S/C15H24N2O2/c1-10-6-7-13(12(3)17-10)14(19)16-9-15(4,5)8-11(2)18/h6-7,11,18H,8-9H2,1-5H3,(H,16,19). The van der Waals surface area contributed by atoms with Crippen LogP contribution in [-0.2, 0) is 0 Å². The molecule has 106 valence electrons. The highest BCUT2D eigenvalue weighted by molar-refractivity contribution is 5.95. The quantitative estimate of drug-likeness (QED) is 0.857. The van der Waals surface area contributed by atoms with Gasteiger partial charge in [-0.2, -0.15) is 0 Å². The minimum Gasteiger partial charge on any atom is -0.393 e. The molecule has 4 heteroatoms. The van der Waals surface area contributed by atoms with E-state index in [-0.39, 0.29) is 17.4 Å². The van der Waals surface area contributed by atoms with E-state index >= 15 is 0 Å². The summed E-state index contributed by atoms with van der Waals surface area (Å²) in [6.45, 7) is 10.1. The van der Waals surface area contributed by atoms with Crippen molar-refractivity contribution in [3.05, 3.63) is 29.1 Å². The van der Waals surface area contributed by atoms with E-state index in [2.05, 4.69) is 10.3 Å². The van der Waals surface area contributed by atoms with Crippen molar-refractivity contribution in [1.29, 1.82) is 0 Å². The van der Waals surface area contributed by atoms with Gasteiger partial charge in [0.2, 0.25) is 0 Å². The molecule has 0 aliphatic carbocycles. The van der Waals surface area contributed by atoms with Crippen LogP contribution in [-0.4, -0.2) is 28.6 Å². The highest BCUT2D eigenvalue weighted by atomic mass is 16.3. The molecular formula is C15H24N2O2. The maximum atomic E-state index is 12.1. The molecule has 1 atom stereocenters. The largest absolute Gasteiger partial charge is 0.393 e. The summed E-state index contributed by atoms with van der Waals surface area (Å²) in [5.74, 6) is -0.108. The SMILES string of the molecule is Cc1ccc(C(=O)NCC(C)(C)CC(C)O)c(C)n1. The fourth-order valence-electron chi connectivity index (χ4n) is 2.21. The van der Waals surface area contributed by atoms with Gasteiger partial charge >= 0.3 is 0 Å². The molecule has 0 bridgehead atoms. The summed E-state index contributed by atoms with van der Waals surface area (Å²) in [6, 6.07) is 3.64. The molecule has 1 amide bonds. The summed E-state index contributed by atoms with van der Waals surface area (Å²) in [7, 11) is 0. The zero-order valence-electron chi connectivity index (χ0n) is 12.4. The average molecular weight is 264 g/mol. The number of carbonyl (C=O) groups is 1. The van der Waals surface area contributed by atoms with Gasteiger partial charge in [0, 0.05) is 12.2 Å². The predicted octanol–water partition coefficient (Wildman–Crippen LogP) is 2.23. The summed E-state index contributed by atoms with van der Waals surface area (Å²) < 4.78 is 0. The third kappa shape index (κ3) is 4.99. The molecule has 0 aromatic carbocycles. The highest BCUT2D eigenvalue weighted by Crippen LogP contribution is 2.21. The molecule has 2 N–H and O–H groups in total. The second-order valence-corrected chi connectivity index (χ2v) is 5.99. The fraction of sp³-hybridized carbons (Fsp3) is 0.600. The van der Waals surface area contributed by atoms with Crippen LogP contribution in [0.3, 0.4) is 0 Å². The molecule has 1 aromatic rings. The number of rotatable bonds is 5. The Bertz CT molecular complexity index is 453. The normalized spacial score (nSPS) is 13.2. The van der Waals surface area contributed by atoms with Crippen LogP contribution in [0.1, 0.15) is 48.9 Å². The lowest BCUT2D eigenvalue weighted by atomic mass is 9.87. The number of aryl methyl sites for hydroxylation is 2. The third-order valence-electron chi connectivity index (χ3n) is 3.05. The van der Waals surface area contributed by atoms with Gasteiger partial charge in [-0.25, -0.2) is 0 Å². The van der Waals surface area contributed by atoms with Crippen LogP contribution in [0.5, 0.6) is 0 Å². The zero-order valence-corrected chi connectivity index (χ0v) is 12.4. The van der Waals surface area contributed by atoms with Gasteiger partial charge < -0.3 is 10.4 Å². The molecule has 1 unspecified atom stereocenters. The molecule has 0 fully saturated rings. The van der Waals surface area contributed by atoms with E-state index in [1.807, 2.05) is 33.8 Å². The summed E-state index contributed by atoms with van der Waals surface area (Å²) >= 11 is 0. The Hall–Kier alpha value is -1.42. The first kappa shape index (κ1) is 15.6. The molecule has 0 spiro atoms. The van der Waals surface area contributed by atoms with Gasteiger partial charge in [0.1, 0.15) is 0 Å². The number of nitrogens with one attached hydrogen (secondary N) is 1. The summed E-state index contributed by atoms with van der Waals surface area (Å²) in [4.78, 5) is 16.4. The Kier molecular flexibility index (Phi) is 5.06. The molecule has 4 nitrogen and oxygen atoms in total. The van der Waals surface area contributed by atoms with E-state index in [4.69, 9.17) is 0 Å². The summed E-state index contributed by atoms with van der Waals surface area (Å²) in [5, 5.41) is 12.3. The van der Waals surface area contributed by atoms with E-state index in [1.54, 1.807) is 13.0 Å². The van der Waals surface area contributed by atoms with E-state index in [9.17, 15) is 9.90 Å². The Labute approximate surface area is 115 Å². The number of aromatic nitrogens is 1. The van der Waals surface area contributed by atoms with Crippen LogP contribution in [0.15, 0.2) is 12.1 Å². The van der Waals surface area contributed by atoms with Gasteiger partial charge in [-0.3, -0.25) is 9.78 Å². The first-order chi connectivity index (χ1) is 8.71. The minimum atomic E-state index is -0.366. The fourth-order valence-corrected chi connectivity index (χ4v) is 2.21. The molecule has 0 aliphatic rings. The molecule has 19 heavy (non-hydrogen) atoms. The Morgan fingerprint density at radius 3 is 2.58 bits per heavy atom. The predicted molar refractivity (Wildman–Crippen MR) is 76.1 cm³/mol.